The Labute approximate surface area is 294 Å². The lowest BCUT2D eigenvalue weighted by molar-refractivity contribution is -0.140. The quantitative estimate of drug-likeness (QED) is 0.206. The highest BCUT2D eigenvalue weighted by Crippen LogP contribution is 2.51. The van der Waals surface area contributed by atoms with Crippen LogP contribution in [0.25, 0.3) is 21.8 Å². The number of benzene rings is 2. The zero-order chi connectivity index (χ0) is 36.5. The molecule has 2 atom stereocenters. The molecule has 1 aliphatic carbocycles. The third kappa shape index (κ3) is 6.75. The first-order valence-corrected chi connectivity index (χ1v) is 19.9. The van der Waals surface area contributed by atoms with Crippen LogP contribution in [-0.4, -0.2) is 74.6 Å². The topological polar surface area (TPSA) is 143 Å². The molecule has 0 radical (unpaired) electrons. The molecule has 2 aromatic heterocycles. The van der Waals surface area contributed by atoms with Crippen molar-refractivity contribution in [3.05, 3.63) is 65.9 Å². The van der Waals surface area contributed by atoms with E-state index in [1.54, 1.807) is 6.07 Å². The van der Waals surface area contributed by atoms with E-state index in [4.69, 9.17) is 9.72 Å². The summed E-state index contributed by atoms with van der Waals surface area (Å²) >= 11 is 1.21. The molecule has 272 valence electrons. The van der Waals surface area contributed by atoms with Crippen LogP contribution in [0, 0.1) is 17.0 Å². The average Bonchev–Trinajstić information content (AvgIpc) is 3.44. The molecule has 3 aliphatic rings. The number of ether oxygens (including phenoxy) is 1. The second-order valence-electron chi connectivity index (χ2n) is 13.3. The molecule has 1 saturated carbocycles. The highest BCUT2D eigenvalue weighted by molar-refractivity contribution is 7.93. The van der Waals surface area contributed by atoms with Crippen molar-refractivity contribution in [2.75, 3.05) is 39.7 Å². The van der Waals surface area contributed by atoms with Gasteiger partial charge >= 0.3 is 6.18 Å². The van der Waals surface area contributed by atoms with E-state index in [1.165, 1.54) is 29.7 Å². The summed E-state index contributed by atoms with van der Waals surface area (Å²) in [4.78, 5) is 14.5. The number of sulfonamides is 1. The van der Waals surface area contributed by atoms with Gasteiger partial charge in [-0.05, 0) is 57.0 Å². The van der Waals surface area contributed by atoms with Gasteiger partial charge in [-0.3, -0.25) is 4.72 Å². The minimum atomic E-state index is -5.28. The molecular weight excluding hydrogens is 740 g/mol. The largest absolute Gasteiger partial charge is 0.417 e. The number of sulfone groups is 1. The van der Waals surface area contributed by atoms with Crippen LogP contribution in [-0.2, 0) is 30.8 Å². The van der Waals surface area contributed by atoms with E-state index < -0.39 is 53.8 Å². The molecule has 11 nitrogen and oxygen atoms in total. The molecule has 19 heteroatoms. The predicted molar refractivity (Wildman–Crippen MR) is 181 cm³/mol. The number of thiazole rings is 1. The maximum Gasteiger partial charge on any atom is 0.417 e. The van der Waals surface area contributed by atoms with Gasteiger partial charge in [0.15, 0.2) is 20.8 Å². The molecule has 1 spiro atoms. The van der Waals surface area contributed by atoms with E-state index in [-0.39, 0.29) is 52.3 Å². The van der Waals surface area contributed by atoms with Crippen LogP contribution >= 0.6 is 11.3 Å². The number of alkyl halides is 3. The first-order valence-electron chi connectivity index (χ1n) is 15.8. The zero-order valence-electron chi connectivity index (χ0n) is 27.0. The van der Waals surface area contributed by atoms with Crippen LogP contribution in [0.4, 0.5) is 38.7 Å². The van der Waals surface area contributed by atoms with Gasteiger partial charge in [0.2, 0.25) is 5.95 Å². The van der Waals surface area contributed by atoms with Crippen molar-refractivity contribution in [2.45, 2.75) is 55.9 Å². The van der Waals surface area contributed by atoms with Crippen molar-refractivity contribution in [1.82, 2.24) is 15.0 Å². The van der Waals surface area contributed by atoms with E-state index in [1.807, 2.05) is 23.5 Å². The molecule has 2 saturated heterocycles. The van der Waals surface area contributed by atoms with Gasteiger partial charge in [0.25, 0.3) is 10.0 Å². The molecule has 0 amide bonds. The minimum Gasteiger partial charge on any atom is -0.377 e. The Morgan fingerprint density at radius 1 is 1.00 bits per heavy atom. The van der Waals surface area contributed by atoms with Gasteiger partial charge in [-0.15, -0.1) is 0 Å². The van der Waals surface area contributed by atoms with Gasteiger partial charge in [0, 0.05) is 23.2 Å². The van der Waals surface area contributed by atoms with Crippen molar-refractivity contribution in [1.29, 1.82) is 0 Å². The molecule has 2 aliphatic heterocycles. The fourth-order valence-electron chi connectivity index (χ4n) is 7.10. The summed E-state index contributed by atoms with van der Waals surface area (Å²) in [7, 11) is -8.26. The maximum atomic E-state index is 16.4. The Morgan fingerprint density at radius 2 is 1.69 bits per heavy atom. The normalized spacial score (nSPS) is 21.6. The van der Waals surface area contributed by atoms with Crippen LogP contribution in [0.3, 0.4) is 0 Å². The van der Waals surface area contributed by atoms with Gasteiger partial charge in [0.05, 0.1) is 64.3 Å². The minimum absolute atomic E-state index is 0.0447. The number of hydrogen-bond acceptors (Lipinski definition) is 11. The monoisotopic (exact) mass is 770 g/mol. The third-order valence-corrected chi connectivity index (χ3v) is 13.8. The first-order chi connectivity index (χ1) is 24.0. The zero-order valence-corrected chi connectivity index (χ0v) is 29.5. The Hall–Kier alpha value is -3.94. The summed E-state index contributed by atoms with van der Waals surface area (Å²) in [5.41, 5.74) is -2.44. The lowest BCUT2D eigenvalue weighted by Gasteiger charge is -2.53. The van der Waals surface area contributed by atoms with E-state index in [0.717, 1.165) is 12.1 Å². The second-order valence-corrected chi connectivity index (χ2v) is 17.9. The summed E-state index contributed by atoms with van der Waals surface area (Å²) in [6.45, 7) is 4.69. The van der Waals surface area contributed by atoms with E-state index in [2.05, 4.69) is 15.3 Å². The van der Waals surface area contributed by atoms with Crippen molar-refractivity contribution in [3.63, 3.8) is 0 Å². The number of anilines is 3. The standard InChI is InChI=1S/C32H31F5N6O5S3/c1-17-13-48-14-18(2)43(17)30-41-26(27(49-30)24-9-10-38-29(40-24)39-19-11-31(12-19)15-50(44,45)16-31)20-5-3-8-23(25(20)34)42-51(46,47)28-21(32(35,36)37)6-4-7-22(28)33/h3-10,17-19,42H,11-16H2,1-2H3,(H,38,39,40)/t17-,18-/m0/s1. The highest BCUT2D eigenvalue weighted by Gasteiger charge is 2.56. The summed E-state index contributed by atoms with van der Waals surface area (Å²) in [5, 5.41) is 3.74. The van der Waals surface area contributed by atoms with Crippen LogP contribution in [0.1, 0.15) is 32.3 Å². The van der Waals surface area contributed by atoms with E-state index in [0.29, 0.717) is 53.9 Å². The molecule has 3 fully saturated rings. The number of halogens is 5. The van der Waals surface area contributed by atoms with Gasteiger partial charge in [0.1, 0.15) is 10.7 Å². The average molecular weight is 771 g/mol. The Balaban J connectivity index is 1.26. The lowest BCUT2D eigenvalue weighted by Crippen LogP contribution is -2.60. The number of aromatic nitrogens is 3. The number of nitrogens with zero attached hydrogens (tertiary/aromatic N) is 4. The summed E-state index contributed by atoms with van der Waals surface area (Å²) in [5.74, 6) is -2.23. The van der Waals surface area contributed by atoms with Gasteiger partial charge in [-0.2, -0.15) is 13.2 Å². The molecule has 0 unspecified atom stereocenters. The SMILES string of the molecule is C[C@H]1COC[C@H](C)N1c1nc(-c2cccc(NS(=O)(=O)c3c(F)cccc3C(F)(F)F)c2F)c(-c2ccnc(NC3CC4(C3)CS(=O)(=O)C4)n2)s1. The number of hydrogen-bond donors (Lipinski definition) is 2. The molecular formula is C32H31F5N6O5S3. The molecule has 2 N–H and O–H groups in total. The maximum absolute atomic E-state index is 16.4. The van der Waals surface area contributed by atoms with Crippen LogP contribution in [0.2, 0.25) is 0 Å². The van der Waals surface area contributed by atoms with Crippen LogP contribution in [0.15, 0.2) is 53.6 Å². The number of morpholine rings is 1. The third-order valence-electron chi connectivity index (χ3n) is 9.18. The van der Waals surface area contributed by atoms with Crippen LogP contribution < -0.4 is 14.9 Å². The number of nitrogens with one attached hydrogen (secondary N) is 2. The molecule has 51 heavy (non-hydrogen) atoms. The number of rotatable bonds is 8. The molecule has 0 bridgehead atoms. The second kappa shape index (κ2) is 12.6. The summed E-state index contributed by atoms with van der Waals surface area (Å²) in [6.07, 6.45) is -2.42. The highest BCUT2D eigenvalue weighted by atomic mass is 32.2. The molecule has 4 aromatic rings. The molecule has 7 rings (SSSR count). The van der Waals surface area contributed by atoms with Crippen LogP contribution in [0.5, 0.6) is 0 Å². The van der Waals surface area contributed by atoms with Crippen molar-refractivity contribution in [2.24, 2.45) is 5.41 Å². The van der Waals surface area contributed by atoms with Gasteiger partial charge in [-0.25, -0.2) is 40.6 Å². The van der Waals surface area contributed by atoms with Gasteiger partial charge < -0.3 is 15.0 Å². The Bertz CT molecular complexity index is 2200. The van der Waals surface area contributed by atoms with Gasteiger partial charge in [-0.1, -0.05) is 23.5 Å². The fourth-order valence-corrected chi connectivity index (χ4v) is 12.0. The van der Waals surface area contributed by atoms with Crippen molar-refractivity contribution >= 4 is 48.0 Å². The van der Waals surface area contributed by atoms with E-state index in [9.17, 15) is 34.4 Å². The fraction of sp³-hybridized carbons (Fsp3) is 0.406. The Morgan fingerprint density at radius 3 is 2.35 bits per heavy atom. The lowest BCUT2D eigenvalue weighted by atomic mass is 9.67. The predicted octanol–water partition coefficient (Wildman–Crippen LogP) is 5.97. The summed E-state index contributed by atoms with van der Waals surface area (Å²) < 4.78 is 129. The van der Waals surface area contributed by atoms with E-state index >= 15 is 4.39 Å². The van der Waals surface area contributed by atoms with Crippen molar-refractivity contribution < 1.29 is 43.5 Å². The van der Waals surface area contributed by atoms with Crippen molar-refractivity contribution in [3.8, 4) is 21.8 Å². The summed E-state index contributed by atoms with van der Waals surface area (Å²) in [6, 6.07) is 6.69. The smallest absolute Gasteiger partial charge is 0.377 e. The molecule has 4 heterocycles. The Kier molecular flexibility index (Phi) is 8.78. The first kappa shape index (κ1) is 35.5. The molecule has 2 aromatic carbocycles.